The highest BCUT2D eigenvalue weighted by Gasteiger charge is 2.37. The van der Waals surface area contributed by atoms with Crippen LogP contribution in [0.25, 0.3) is 0 Å². The highest BCUT2D eigenvalue weighted by Crippen LogP contribution is 2.30. The van der Waals surface area contributed by atoms with Crippen LogP contribution in [0, 0.1) is 5.92 Å². The van der Waals surface area contributed by atoms with E-state index >= 15 is 0 Å². The third-order valence-corrected chi connectivity index (χ3v) is 6.87. The summed E-state index contributed by atoms with van der Waals surface area (Å²) < 4.78 is 31.0. The molecule has 144 valence electrons. The van der Waals surface area contributed by atoms with Crippen molar-refractivity contribution in [1.82, 2.24) is 19.2 Å². The molecule has 0 aromatic carbocycles. The first kappa shape index (κ1) is 18.1. The van der Waals surface area contributed by atoms with Crippen LogP contribution in [0.5, 0.6) is 0 Å². The van der Waals surface area contributed by atoms with Crippen LogP contribution in [0.2, 0.25) is 0 Å². The molecule has 0 spiro atoms. The van der Waals surface area contributed by atoms with E-state index in [1.807, 2.05) is 12.4 Å². The van der Waals surface area contributed by atoms with Gasteiger partial charge in [0.15, 0.2) is 0 Å². The van der Waals surface area contributed by atoms with E-state index in [1.165, 1.54) is 6.26 Å². The first-order valence-electron chi connectivity index (χ1n) is 9.32. The van der Waals surface area contributed by atoms with Gasteiger partial charge >= 0.3 is 0 Å². The lowest BCUT2D eigenvalue weighted by molar-refractivity contribution is 0.121. The number of aromatic nitrogens is 2. The van der Waals surface area contributed by atoms with Crippen LogP contribution >= 0.6 is 0 Å². The SMILES string of the molecule is CS(=O)(=O)N1C[C@H]2CC[C@@H](C1)N(Cc1cnc(N3CCOCC3)nc1)C2. The Hall–Kier alpha value is -1.29. The number of rotatable bonds is 4. The van der Waals surface area contributed by atoms with E-state index in [0.717, 1.165) is 63.7 Å². The van der Waals surface area contributed by atoms with Crippen molar-refractivity contribution in [2.45, 2.75) is 25.4 Å². The molecule has 5 rings (SSSR count). The van der Waals surface area contributed by atoms with Crippen molar-refractivity contribution in [2.24, 2.45) is 5.92 Å². The fraction of sp³-hybridized carbons (Fsp3) is 0.765. The van der Waals surface area contributed by atoms with E-state index in [-0.39, 0.29) is 6.04 Å². The molecule has 0 saturated carbocycles. The molecule has 0 N–H and O–H groups in total. The summed E-state index contributed by atoms with van der Waals surface area (Å²) in [4.78, 5) is 13.6. The van der Waals surface area contributed by atoms with Crippen molar-refractivity contribution < 1.29 is 13.2 Å². The normalized spacial score (nSPS) is 28.3. The van der Waals surface area contributed by atoms with Crippen molar-refractivity contribution in [3.63, 3.8) is 0 Å². The molecule has 4 aliphatic heterocycles. The standard InChI is InChI=1S/C17H27N5O3S/c1-26(23,24)22-12-14-2-3-16(13-22)21(10-14)11-15-8-18-17(19-9-15)20-4-6-25-7-5-20/h8-9,14,16H,2-7,10-13H2,1H3/t14-,16-/m0/s1. The summed E-state index contributed by atoms with van der Waals surface area (Å²) in [5.74, 6) is 1.18. The molecule has 1 aromatic rings. The molecule has 8 nitrogen and oxygen atoms in total. The Balaban J connectivity index is 1.42. The lowest BCUT2D eigenvalue weighted by atomic mass is 9.95. The van der Waals surface area contributed by atoms with E-state index < -0.39 is 10.0 Å². The molecule has 4 saturated heterocycles. The number of piperidine rings is 1. The second-order valence-electron chi connectivity index (χ2n) is 7.60. The molecule has 0 unspecified atom stereocenters. The number of ether oxygens (including phenoxy) is 1. The molecule has 1 aromatic heterocycles. The predicted molar refractivity (Wildman–Crippen MR) is 98.4 cm³/mol. The van der Waals surface area contributed by atoms with Crippen molar-refractivity contribution in [3.8, 4) is 0 Å². The van der Waals surface area contributed by atoms with Gasteiger partial charge in [-0.15, -0.1) is 0 Å². The van der Waals surface area contributed by atoms with Gasteiger partial charge in [0.1, 0.15) is 0 Å². The fourth-order valence-corrected chi connectivity index (χ4v) is 5.12. The number of hydrogen-bond donors (Lipinski definition) is 0. The summed E-state index contributed by atoms with van der Waals surface area (Å²) in [7, 11) is -3.12. The Morgan fingerprint density at radius 3 is 2.54 bits per heavy atom. The molecule has 2 atom stereocenters. The van der Waals surface area contributed by atoms with Gasteiger partial charge in [0, 0.05) is 63.3 Å². The third kappa shape index (κ3) is 4.00. The maximum atomic E-state index is 12.0. The first-order chi connectivity index (χ1) is 12.5. The van der Waals surface area contributed by atoms with E-state index in [0.29, 0.717) is 19.0 Å². The summed E-state index contributed by atoms with van der Waals surface area (Å²) in [6, 6.07) is 0.280. The van der Waals surface area contributed by atoms with Gasteiger partial charge in [-0.25, -0.2) is 22.7 Å². The lowest BCUT2D eigenvalue weighted by Crippen LogP contribution is -2.43. The molecular formula is C17H27N5O3S. The Morgan fingerprint density at radius 1 is 1.12 bits per heavy atom. The predicted octanol–water partition coefficient (Wildman–Crippen LogP) is 0.169. The lowest BCUT2D eigenvalue weighted by Gasteiger charge is -2.36. The Labute approximate surface area is 155 Å². The highest BCUT2D eigenvalue weighted by atomic mass is 32.2. The monoisotopic (exact) mass is 381 g/mol. The van der Waals surface area contributed by atoms with Crippen LogP contribution < -0.4 is 4.90 Å². The van der Waals surface area contributed by atoms with Crippen LogP contribution in [0.4, 0.5) is 5.95 Å². The molecular weight excluding hydrogens is 354 g/mol. The molecule has 2 bridgehead atoms. The van der Waals surface area contributed by atoms with E-state index in [4.69, 9.17) is 4.74 Å². The molecule has 4 fully saturated rings. The zero-order chi connectivity index (χ0) is 18.1. The van der Waals surface area contributed by atoms with E-state index in [2.05, 4.69) is 19.8 Å². The number of fused-ring (bicyclic) bond motifs is 4. The van der Waals surface area contributed by atoms with Gasteiger partial charge in [-0.2, -0.15) is 0 Å². The third-order valence-electron chi connectivity index (χ3n) is 5.63. The zero-order valence-corrected chi connectivity index (χ0v) is 16.1. The van der Waals surface area contributed by atoms with Gasteiger partial charge in [-0.05, 0) is 18.8 Å². The maximum absolute atomic E-state index is 12.0. The maximum Gasteiger partial charge on any atom is 0.225 e. The summed E-state index contributed by atoms with van der Waals surface area (Å²) in [5, 5.41) is 0. The quantitative estimate of drug-likeness (QED) is 0.736. The number of nitrogens with zero attached hydrogens (tertiary/aromatic N) is 5. The summed E-state index contributed by atoms with van der Waals surface area (Å²) in [6.07, 6.45) is 7.30. The first-order valence-corrected chi connectivity index (χ1v) is 11.2. The average molecular weight is 382 g/mol. The van der Waals surface area contributed by atoms with Gasteiger partial charge in [0.05, 0.1) is 19.5 Å². The minimum absolute atomic E-state index is 0.280. The molecule has 9 heteroatoms. The van der Waals surface area contributed by atoms with Crippen molar-refractivity contribution in [3.05, 3.63) is 18.0 Å². The molecule has 0 radical (unpaired) electrons. The van der Waals surface area contributed by atoms with E-state index in [9.17, 15) is 8.42 Å². The smallest absolute Gasteiger partial charge is 0.225 e. The minimum atomic E-state index is -3.12. The van der Waals surface area contributed by atoms with Crippen molar-refractivity contribution in [1.29, 1.82) is 0 Å². The number of hydrogen-bond acceptors (Lipinski definition) is 7. The van der Waals surface area contributed by atoms with Gasteiger partial charge in [0.25, 0.3) is 0 Å². The van der Waals surface area contributed by atoms with Crippen LogP contribution in [0.15, 0.2) is 12.4 Å². The summed E-state index contributed by atoms with van der Waals surface area (Å²) >= 11 is 0. The van der Waals surface area contributed by atoms with Crippen LogP contribution in [0.1, 0.15) is 18.4 Å². The number of morpholine rings is 1. The molecule has 26 heavy (non-hydrogen) atoms. The second-order valence-corrected chi connectivity index (χ2v) is 9.58. The Bertz CT molecular complexity index is 720. The summed E-state index contributed by atoms with van der Waals surface area (Å²) in [5.41, 5.74) is 1.08. The number of sulfonamides is 1. The van der Waals surface area contributed by atoms with E-state index in [1.54, 1.807) is 4.31 Å². The van der Waals surface area contributed by atoms with Gasteiger partial charge in [-0.1, -0.05) is 0 Å². The molecule has 4 aliphatic rings. The largest absolute Gasteiger partial charge is 0.378 e. The highest BCUT2D eigenvalue weighted by molar-refractivity contribution is 7.88. The van der Waals surface area contributed by atoms with Crippen molar-refractivity contribution >= 4 is 16.0 Å². The average Bonchev–Trinajstić information content (AvgIpc) is 2.95. The fourth-order valence-electron chi connectivity index (χ4n) is 4.19. The van der Waals surface area contributed by atoms with Gasteiger partial charge in [0.2, 0.25) is 16.0 Å². The van der Waals surface area contributed by atoms with Crippen molar-refractivity contribution in [2.75, 3.05) is 57.1 Å². The molecule has 5 heterocycles. The van der Waals surface area contributed by atoms with Crippen LogP contribution in [0.3, 0.4) is 0 Å². The Kier molecular flexibility index (Phi) is 5.13. The second kappa shape index (κ2) is 7.38. The molecule has 0 aliphatic carbocycles. The minimum Gasteiger partial charge on any atom is -0.378 e. The topological polar surface area (TPSA) is 78.9 Å². The zero-order valence-electron chi connectivity index (χ0n) is 15.2. The van der Waals surface area contributed by atoms with Crippen LogP contribution in [-0.4, -0.2) is 85.8 Å². The van der Waals surface area contributed by atoms with Crippen LogP contribution in [-0.2, 0) is 21.3 Å². The Morgan fingerprint density at radius 2 is 1.85 bits per heavy atom. The van der Waals surface area contributed by atoms with Gasteiger partial charge < -0.3 is 9.64 Å². The van der Waals surface area contributed by atoms with Gasteiger partial charge in [-0.3, -0.25) is 4.90 Å². The molecule has 0 amide bonds. The summed E-state index contributed by atoms with van der Waals surface area (Å²) in [6.45, 7) is 6.08. The number of anilines is 1.